The first-order chi connectivity index (χ1) is 11.6. The number of hydrogen-bond donors (Lipinski definition) is 2. The number of rotatable bonds is 7. The monoisotopic (exact) mass is 374 g/mol. The van der Waals surface area contributed by atoms with Gasteiger partial charge in [-0.05, 0) is 48.4 Å². The maximum atomic E-state index is 12.1. The van der Waals surface area contributed by atoms with Crippen LogP contribution in [-0.2, 0) is 23.0 Å². The maximum Gasteiger partial charge on any atom is 0.573 e. The minimum absolute atomic E-state index is 0.0605. The second kappa shape index (κ2) is 7.85. The van der Waals surface area contributed by atoms with Gasteiger partial charge in [-0.25, -0.2) is 13.6 Å². The highest BCUT2D eigenvalue weighted by Crippen LogP contribution is 2.22. The summed E-state index contributed by atoms with van der Waals surface area (Å²) in [5.74, 6) is -0.258. The van der Waals surface area contributed by atoms with Crippen molar-refractivity contribution in [1.82, 2.24) is 5.32 Å². The maximum absolute atomic E-state index is 12.1. The number of halogens is 3. The summed E-state index contributed by atoms with van der Waals surface area (Å²) in [5.41, 5.74) is 1.76. The third kappa shape index (κ3) is 6.73. The Morgan fingerprint density at radius 3 is 2.04 bits per heavy atom. The lowest BCUT2D eigenvalue weighted by atomic mass is 10.1. The van der Waals surface area contributed by atoms with Crippen LogP contribution in [0.2, 0.25) is 0 Å². The predicted octanol–water partition coefficient (Wildman–Crippen LogP) is 2.56. The van der Waals surface area contributed by atoms with Gasteiger partial charge in [0.05, 0.1) is 4.90 Å². The largest absolute Gasteiger partial charge is 0.573 e. The van der Waals surface area contributed by atoms with Gasteiger partial charge in [-0.3, -0.25) is 0 Å². The summed E-state index contributed by atoms with van der Waals surface area (Å²) in [6.45, 7) is 1.11. The van der Waals surface area contributed by atoms with E-state index in [1.165, 1.54) is 24.3 Å². The zero-order valence-corrected chi connectivity index (χ0v) is 13.9. The van der Waals surface area contributed by atoms with Crippen LogP contribution in [0, 0.1) is 0 Å². The average Bonchev–Trinajstić information content (AvgIpc) is 2.51. The van der Waals surface area contributed by atoms with Crippen molar-refractivity contribution >= 4 is 10.0 Å². The van der Waals surface area contributed by atoms with Crippen molar-refractivity contribution in [2.24, 2.45) is 5.14 Å². The van der Waals surface area contributed by atoms with E-state index in [-0.39, 0.29) is 10.6 Å². The zero-order valence-electron chi connectivity index (χ0n) is 13.1. The second-order valence-electron chi connectivity index (χ2n) is 5.31. The summed E-state index contributed by atoms with van der Waals surface area (Å²) in [5, 5.41) is 8.18. The number of sulfonamides is 1. The molecule has 5 nitrogen and oxygen atoms in total. The number of ether oxygens (including phenoxy) is 1. The molecule has 0 spiro atoms. The van der Waals surface area contributed by atoms with Crippen molar-refractivity contribution in [3.05, 3.63) is 59.7 Å². The Morgan fingerprint density at radius 1 is 0.960 bits per heavy atom. The fraction of sp³-hybridized carbons (Fsp3) is 0.250. The molecule has 0 fully saturated rings. The van der Waals surface area contributed by atoms with Crippen LogP contribution in [0.4, 0.5) is 13.2 Å². The van der Waals surface area contributed by atoms with Gasteiger partial charge >= 0.3 is 6.36 Å². The van der Waals surface area contributed by atoms with Crippen LogP contribution < -0.4 is 15.2 Å². The molecule has 0 aromatic heterocycles. The first-order valence-electron chi connectivity index (χ1n) is 7.31. The molecule has 0 saturated carbocycles. The van der Waals surface area contributed by atoms with E-state index in [1.54, 1.807) is 24.3 Å². The third-order valence-corrected chi connectivity index (χ3v) is 4.26. The Balaban J connectivity index is 1.77. The van der Waals surface area contributed by atoms with Crippen LogP contribution in [0.5, 0.6) is 5.75 Å². The number of hydrogen-bond acceptors (Lipinski definition) is 4. The summed E-state index contributed by atoms with van der Waals surface area (Å²) >= 11 is 0. The SMILES string of the molecule is NS(=O)(=O)c1ccc(CCNCc2ccc(OC(F)(F)F)cc2)cc1. The molecule has 0 unspecified atom stereocenters. The van der Waals surface area contributed by atoms with E-state index < -0.39 is 16.4 Å². The van der Waals surface area contributed by atoms with Crippen LogP contribution >= 0.6 is 0 Å². The van der Waals surface area contributed by atoms with E-state index in [4.69, 9.17) is 5.14 Å². The van der Waals surface area contributed by atoms with Gasteiger partial charge in [0.15, 0.2) is 0 Å². The van der Waals surface area contributed by atoms with Crippen LogP contribution in [0.3, 0.4) is 0 Å². The number of benzene rings is 2. The van der Waals surface area contributed by atoms with Gasteiger partial charge in [0, 0.05) is 6.54 Å². The highest BCUT2D eigenvalue weighted by Gasteiger charge is 2.30. The highest BCUT2D eigenvalue weighted by atomic mass is 32.2. The van der Waals surface area contributed by atoms with Crippen LogP contribution in [-0.4, -0.2) is 21.3 Å². The number of nitrogens with one attached hydrogen (secondary N) is 1. The molecule has 0 bridgehead atoms. The average molecular weight is 374 g/mol. The summed E-state index contributed by atoms with van der Waals surface area (Å²) in [4.78, 5) is 0.0605. The molecule has 0 amide bonds. The van der Waals surface area contributed by atoms with Crippen molar-refractivity contribution in [3.63, 3.8) is 0 Å². The molecule has 2 aromatic rings. The lowest BCUT2D eigenvalue weighted by Gasteiger charge is -2.10. The molecule has 0 saturated heterocycles. The fourth-order valence-corrected chi connectivity index (χ4v) is 2.64. The summed E-state index contributed by atoms with van der Waals surface area (Å²) in [6, 6.07) is 11.9. The van der Waals surface area contributed by atoms with E-state index in [9.17, 15) is 21.6 Å². The predicted molar refractivity (Wildman–Crippen MR) is 86.4 cm³/mol. The first-order valence-corrected chi connectivity index (χ1v) is 8.85. The summed E-state index contributed by atoms with van der Waals surface area (Å²) in [7, 11) is -3.69. The van der Waals surface area contributed by atoms with E-state index in [0.717, 1.165) is 11.1 Å². The molecule has 3 N–H and O–H groups in total. The Kier molecular flexibility index (Phi) is 6.04. The second-order valence-corrected chi connectivity index (χ2v) is 6.87. The summed E-state index contributed by atoms with van der Waals surface area (Å²) < 4.78 is 62.3. The van der Waals surface area contributed by atoms with Gasteiger partial charge in [0.2, 0.25) is 10.0 Å². The first kappa shape index (κ1) is 19.2. The highest BCUT2D eigenvalue weighted by molar-refractivity contribution is 7.89. The third-order valence-electron chi connectivity index (χ3n) is 3.33. The molecule has 0 heterocycles. The Labute approximate surface area is 143 Å². The van der Waals surface area contributed by atoms with Gasteiger partial charge < -0.3 is 10.1 Å². The number of nitrogens with two attached hydrogens (primary N) is 1. The molecule has 9 heteroatoms. The fourth-order valence-electron chi connectivity index (χ4n) is 2.12. The Morgan fingerprint density at radius 2 is 1.52 bits per heavy atom. The van der Waals surface area contributed by atoms with E-state index >= 15 is 0 Å². The molecule has 2 aromatic carbocycles. The topological polar surface area (TPSA) is 81.4 Å². The zero-order chi connectivity index (χ0) is 18.5. The van der Waals surface area contributed by atoms with Crippen molar-refractivity contribution in [2.45, 2.75) is 24.2 Å². The van der Waals surface area contributed by atoms with Gasteiger partial charge in [-0.1, -0.05) is 24.3 Å². The van der Waals surface area contributed by atoms with Crippen molar-refractivity contribution in [1.29, 1.82) is 0 Å². The van der Waals surface area contributed by atoms with E-state index in [1.807, 2.05) is 0 Å². The van der Waals surface area contributed by atoms with Crippen molar-refractivity contribution in [2.75, 3.05) is 6.54 Å². The Bertz CT molecular complexity index is 789. The lowest BCUT2D eigenvalue weighted by molar-refractivity contribution is -0.274. The Hall–Kier alpha value is -2.10. The van der Waals surface area contributed by atoms with Gasteiger partial charge in [-0.2, -0.15) is 0 Å². The summed E-state index contributed by atoms with van der Waals surface area (Å²) in [6.07, 6.45) is -4.03. The molecule has 0 aliphatic carbocycles. The molecule has 0 aliphatic heterocycles. The standard InChI is InChI=1S/C16H17F3N2O3S/c17-16(18,19)24-14-5-1-13(2-6-14)11-21-10-9-12-3-7-15(8-4-12)25(20,22)23/h1-8,21H,9-11H2,(H2,20,22,23). The minimum atomic E-state index is -4.70. The quantitative estimate of drug-likeness (QED) is 0.730. The smallest absolute Gasteiger partial charge is 0.406 e. The molecule has 0 atom stereocenters. The molecular weight excluding hydrogens is 357 g/mol. The van der Waals surface area contributed by atoms with Crippen molar-refractivity contribution < 1.29 is 26.3 Å². The van der Waals surface area contributed by atoms with Gasteiger partial charge in [-0.15, -0.1) is 13.2 Å². The lowest BCUT2D eigenvalue weighted by Crippen LogP contribution is -2.18. The number of alkyl halides is 3. The number of primary sulfonamides is 1. The molecule has 0 radical (unpaired) electrons. The molecular formula is C16H17F3N2O3S. The van der Waals surface area contributed by atoms with Crippen LogP contribution in [0.25, 0.3) is 0 Å². The van der Waals surface area contributed by atoms with Crippen LogP contribution in [0.15, 0.2) is 53.4 Å². The van der Waals surface area contributed by atoms with E-state index in [0.29, 0.717) is 19.5 Å². The van der Waals surface area contributed by atoms with Gasteiger partial charge in [0.25, 0.3) is 0 Å². The molecule has 0 aliphatic rings. The van der Waals surface area contributed by atoms with Gasteiger partial charge in [0.1, 0.15) is 5.75 Å². The normalized spacial score (nSPS) is 12.2. The molecule has 25 heavy (non-hydrogen) atoms. The molecule has 2 rings (SSSR count). The molecule has 136 valence electrons. The minimum Gasteiger partial charge on any atom is -0.406 e. The van der Waals surface area contributed by atoms with E-state index in [2.05, 4.69) is 10.1 Å². The van der Waals surface area contributed by atoms with Crippen molar-refractivity contribution in [3.8, 4) is 5.75 Å². The van der Waals surface area contributed by atoms with Crippen LogP contribution in [0.1, 0.15) is 11.1 Å².